The van der Waals surface area contributed by atoms with Gasteiger partial charge in [0.05, 0.1) is 25.9 Å². The second-order valence-corrected chi connectivity index (χ2v) is 7.17. The number of likely N-dealkylation sites (tertiary alicyclic amines) is 1. The van der Waals surface area contributed by atoms with E-state index in [1.807, 2.05) is 19.1 Å². The molecular weight excluding hydrogens is 330 g/mol. The van der Waals surface area contributed by atoms with Crippen molar-refractivity contribution in [1.82, 2.24) is 4.90 Å². The molecule has 1 heterocycles. The Bertz CT molecular complexity index is 598. The van der Waals surface area contributed by atoms with Gasteiger partial charge in [-0.3, -0.25) is 9.59 Å². The number of benzene rings is 1. The van der Waals surface area contributed by atoms with E-state index in [4.69, 9.17) is 4.74 Å². The highest BCUT2D eigenvalue weighted by molar-refractivity contribution is 5.95. The first kappa shape index (κ1) is 20.2. The third-order valence-electron chi connectivity index (χ3n) is 4.94. The van der Waals surface area contributed by atoms with Gasteiger partial charge in [0.2, 0.25) is 5.91 Å². The molecule has 0 aliphatic carbocycles. The highest BCUT2D eigenvalue weighted by Crippen LogP contribution is 2.22. The summed E-state index contributed by atoms with van der Waals surface area (Å²) < 4.78 is 5.26. The van der Waals surface area contributed by atoms with Crippen molar-refractivity contribution < 1.29 is 19.2 Å². The highest BCUT2D eigenvalue weighted by Gasteiger charge is 2.25. The smallest absolute Gasteiger partial charge is 0.278 e. The Hall–Kier alpha value is -2.08. The van der Waals surface area contributed by atoms with Crippen LogP contribution in [0.25, 0.3) is 0 Å². The molecule has 1 fully saturated rings. The number of hydrogen-bond donors (Lipinski definition) is 2. The van der Waals surface area contributed by atoms with Crippen LogP contribution in [0.4, 0.5) is 5.69 Å². The zero-order valence-corrected chi connectivity index (χ0v) is 16.2. The Labute approximate surface area is 156 Å². The van der Waals surface area contributed by atoms with Gasteiger partial charge in [-0.15, -0.1) is 0 Å². The molecule has 0 atom stereocenters. The standard InChI is InChI=1S/C20H31N3O3/c1-4-11-23(20(25)15-22-12-9-16(2)10-13-22)14-19(24)21-17-7-5-6-8-18(17)26-3/h5-8,16H,4,9-15H2,1-3H3,(H,21,24)/p+1. The van der Waals surface area contributed by atoms with Gasteiger partial charge in [0.15, 0.2) is 6.54 Å². The van der Waals surface area contributed by atoms with Gasteiger partial charge in [0.25, 0.3) is 5.91 Å². The van der Waals surface area contributed by atoms with Gasteiger partial charge >= 0.3 is 0 Å². The summed E-state index contributed by atoms with van der Waals surface area (Å²) in [7, 11) is 1.57. The van der Waals surface area contributed by atoms with Crippen LogP contribution in [0.15, 0.2) is 24.3 Å². The van der Waals surface area contributed by atoms with Crippen molar-refractivity contribution in [3.63, 3.8) is 0 Å². The normalized spacial score (nSPS) is 19.7. The predicted molar refractivity (Wildman–Crippen MR) is 102 cm³/mol. The van der Waals surface area contributed by atoms with Crippen molar-refractivity contribution in [3.05, 3.63) is 24.3 Å². The van der Waals surface area contributed by atoms with Gasteiger partial charge in [-0.25, -0.2) is 0 Å². The van der Waals surface area contributed by atoms with Gasteiger partial charge in [0.1, 0.15) is 12.3 Å². The summed E-state index contributed by atoms with van der Waals surface area (Å²) in [4.78, 5) is 28.1. The number of methoxy groups -OCH3 is 1. The van der Waals surface area contributed by atoms with Crippen molar-refractivity contribution in [2.45, 2.75) is 33.1 Å². The summed E-state index contributed by atoms with van der Waals surface area (Å²) in [6.07, 6.45) is 3.18. The number of anilines is 1. The molecule has 2 N–H and O–H groups in total. The first-order valence-corrected chi connectivity index (χ1v) is 9.57. The lowest BCUT2D eigenvalue weighted by molar-refractivity contribution is -0.898. The second kappa shape index (κ2) is 10.2. The van der Waals surface area contributed by atoms with Crippen LogP contribution < -0.4 is 15.0 Å². The number of quaternary nitrogens is 1. The summed E-state index contributed by atoms with van der Waals surface area (Å²) >= 11 is 0. The lowest BCUT2D eigenvalue weighted by Gasteiger charge is -2.29. The fraction of sp³-hybridized carbons (Fsp3) is 0.600. The second-order valence-electron chi connectivity index (χ2n) is 7.17. The van der Waals surface area contributed by atoms with Gasteiger partial charge in [-0.2, -0.15) is 0 Å². The van der Waals surface area contributed by atoms with Crippen LogP contribution in [0, 0.1) is 5.92 Å². The highest BCUT2D eigenvalue weighted by atomic mass is 16.5. The average Bonchev–Trinajstić information content (AvgIpc) is 2.63. The maximum absolute atomic E-state index is 12.7. The Balaban J connectivity index is 1.91. The predicted octanol–water partition coefficient (Wildman–Crippen LogP) is 1.19. The topological polar surface area (TPSA) is 63.1 Å². The molecule has 1 aromatic rings. The van der Waals surface area contributed by atoms with Gasteiger partial charge in [-0.05, 0) is 37.3 Å². The monoisotopic (exact) mass is 362 g/mol. The molecule has 1 aliphatic rings. The number of hydrogen-bond acceptors (Lipinski definition) is 3. The van der Waals surface area contributed by atoms with E-state index in [0.717, 1.165) is 25.4 Å². The third-order valence-corrected chi connectivity index (χ3v) is 4.94. The molecule has 2 rings (SSSR count). The number of rotatable bonds is 8. The van der Waals surface area contributed by atoms with Gasteiger partial charge in [-0.1, -0.05) is 26.0 Å². The molecule has 0 bridgehead atoms. The molecule has 144 valence electrons. The Morgan fingerprint density at radius 2 is 1.96 bits per heavy atom. The van der Waals surface area contributed by atoms with E-state index in [-0.39, 0.29) is 18.4 Å². The molecule has 0 unspecified atom stereocenters. The van der Waals surface area contributed by atoms with Crippen LogP contribution in [0.2, 0.25) is 0 Å². The van der Waals surface area contributed by atoms with Crippen molar-refractivity contribution in [3.8, 4) is 5.75 Å². The molecular formula is C20H32N3O3+. The molecule has 1 saturated heterocycles. The van der Waals surface area contributed by atoms with E-state index >= 15 is 0 Å². The van der Waals surface area contributed by atoms with E-state index in [0.29, 0.717) is 24.5 Å². The Morgan fingerprint density at radius 3 is 2.62 bits per heavy atom. The van der Waals surface area contributed by atoms with Crippen LogP contribution in [-0.4, -0.2) is 56.5 Å². The summed E-state index contributed by atoms with van der Waals surface area (Å²) in [5, 5.41) is 2.85. The molecule has 6 heteroatoms. The minimum Gasteiger partial charge on any atom is -0.495 e. The Kier molecular flexibility index (Phi) is 7.91. The van der Waals surface area contributed by atoms with Crippen LogP contribution >= 0.6 is 0 Å². The summed E-state index contributed by atoms with van der Waals surface area (Å²) in [5.74, 6) is 1.23. The summed E-state index contributed by atoms with van der Waals surface area (Å²) in [5.41, 5.74) is 0.625. The van der Waals surface area contributed by atoms with Crippen molar-refractivity contribution >= 4 is 17.5 Å². The van der Waals surface area contributed by atoms with Gasteiger partial charge in [0, 0.05) is 6.54 Å². The molecule has 2 amide bonds. The van der Waals surface area contributed by atoms with E-state index in [2.05, 4.69) is 12.2 Å². The zero-order chi connectivity index (χ0) is 18.9. The summed E-state index contributed by atoms with van der Waals surface area (Å²) in [6.45, 7) is 7.53. The lowest BCUT2D eigenvalue weighted by atomic mass is 9.99. The first-order valence-electron chi connectivity index (χ1n) is 9.57. The minimum absolute atomic E-state index is 0.0616. The Morgan fingerprint density at radius 1 is 1.27 bits per heavy atom. The number of nitrogens with zero attached hydrogens (tertiary/aromatic N) is 1. The van der Waals surface area contributed by atoms with Crippen LogP contribution in [0.3, 0.4) is 0 Å². The maximum atomic E-state index is 12.7. The largest absolute Gasteiger partial charge is 0.495 e. The molecule has 0 spiro atoms. The fourth-order valence-corrected chi connectivity index (χ4v) is 3.35. The molecule has 6 nitrogen and oxygen atoms in total. The minimum atomic E-state index is -0.196. The number of ether oxygens (including phenoxy) is 1. The van der Waals surface area contributed by atoms with E-state index < -0.39 is 0 Å². The maximum Gasteiger partial charge on any atom is 0.278 e. The van der Waals surface area contributed by atoms with Crippen molar-refractivity contribution in [2.75, 3.05) is 45.2 Å². The van der Waals surface area contributed by atoms with Crippen molar-refractivity contribution in [1.29, 1.82) is 0 Å². The van der Waals surface area contributed by atoms with Crippen LogP contribution in [-0.2, 0) is 9.59 Å². The molecule has 0 radical (unpaired) electrons. The number of carbonyl (C=O) groups excluding carboxylic acids is 2. The van der Waals surface area contributed by atoms with Gasteiger partial charge < -0.3 is 19.9 Å². The van der Waals surface area contributed by atoms with Crippen LogP contribution in [0.5, 0.6) is 5.75 Å². The summed E-state index contributed by atoms with van der Waals surface area (Å²) in [6, 6.07) is 7.28. The quantitative estimate of drug-likeness (QED) is 0.730. The molecule has 1 aromatic carbocycles. The molecule has 1 aliphatic heterocycles. The van der Waals surface area contributed by atoms with E-state index in [1.165, 1.54) is 17.7 Å². The number of amides is 2. The van der Waals surface area contributed by atoms with E-state index in [1.54, 1.807) is 24.1 Å². The van der Waals surface area contributed by atoms with Crippen LogP contribution in [0.1, 0.15) is 33.1 Å². The SMILES string of the molecule is CCCN(CC(=O)Nc1ccccc1OC)C(=O)C[NH+]1CCC(C)CC1. The third kappa shape index (κ3) is 6.02. The number of carbonyl (C=O) groups is 2. The average molecular weight is 362 g/mol. The fourth-order valence-electron chi connectivity index (χ4n) is 3.35. The zero-order valence-electron chi connectivity index (χ0n) is 16.2. The number of nitrogens with one attached hydrogen (secondary N) is 2. The molecule has 0 saturated carbocycles. The lowest BCUT2D eigenvalue weighted by Crippen LogP contribution is -3.14. The number of piperidine rings is 1. The van der Waals surface area contributed by atoms with E-state index in [9.17, 15) is 9.59 Å². The number of para-hydroxylation sites is 2. The van der Waals surface area contributed by atoms with Crippen molar-refractivity contribution in [2.24, 2.45) is 5.92 Å². The molecule has 26 heavy (non-hydrogen) atoms. The first-order chi connectivity index (χ1) is 12.5. The molecule has 0 aromatic heterocycles.